The lowest BCUT2D eigenvalue weighted by atomic mass is 9.89. The third kappa shape index (κ3) is 2.61. The van der Waals surface area contributed by atoms with Crippen molar-refractivity contribution in [2.45, 2.75) is 38.7 Å². The van der Waals surface area contributed by atoms with Gasteiger partial charge in [0.25, 0.3) is 0 Å². The zero-order valence-electron chi connectivity index (χ0n) is 8.95. The highest BCUT2D eigenvalue weighted by molar-refractivity contribution is 5.67. The van der Waals surface area contributed by atoms with Crippen LogP contribution in [0.4, 0.5) is 4.79 Å². The number of piperidine rings is 1. The molecule has 1 aliphatic heterocycles. The third-order valence-electron chi connectivity index (χ3n) is 2.88. The van der Waals surface area contributed by atoms with Gasteiger partial charge in [0.2, 0.25) is 0 Å². The van der Waals surface area contributed by atoms with Crippen molar-refractivity contribution in [3.8, 4) is 0 Å². The average Bonchev–Trinajstić information content (AvgIpc) is 2.19. The van der Waals surface area contributed by atoms with Crippen molar-refractivity contribution in [1.82, 2.24) is 4.90 Å². The Morgan fingerprint density at radius 2 is 2.00 bits per heavy atom. The van der Waals surface area contributed by atoms with Crippen molar-refractivity contribution in [2.75, 3.05) is 19.7 Å². The number of rotatable bonds is 2. The van der Waals surface area contributed by atoms with Crippen LogP contribution in [0.25, 0.3) is 0 Å². The zero-order chi connectivity index (χ0) is 10.6. The highest BCUT2D eigenvalue weighted by Crippen LogP contribution is 2.25. The molecule has 0 aliphatic carbocycles. The first-order valence-corrected chi connectivity index (χ1v) is 5.25. The average molecular weight is 201 g/mol. The standard InChI is InChI=1S/C10H19NO3/c1-3-10(13)5-7-11(8-6-10)9(12)14-4-2/h13H,3-8H2,1-2H3. The van der Waals surface area contributed by atoms with Gasteiger partial charge in [-0.2, -0.15) is 0 Å². The van der Waals surface area contributed by atoms with Gasteiger partial charge in [-0.1, -0.05) is 6.92 Å². The van der Waals surface area contributed by atoms with Gasteiger partial charge < -0.3 is 14.7 Å². The van der Waals surface area contributed by atoms with Crippen LogP contribution in [-0.2, 0) is 4.74 Å². The topological polar surface area (TPSA) is 49.8 Å². The van der Waals surface area contributed by atoms with E-state index in [9.17, 15) is 9.90 Å². The molecule has 0 atom stereocenters. The van der Waals surface area contributed by atoms with Crippen molar-refractivity contribution in [1.29, 1.82) is 0 Å². The second-order valence-corrected chi connectivity index (χ2v) is 3.76. The van der Waals surface area contributed by atoms with Crippen LogP contribution in [0.2, 0.25) is 0 Å². The van der Waals surface area contributed by atoms with E-state index in [4.69, 9.17) is 4.74 Å². The molecular weight excluding hydrogens is 182 g/mol. The molecule has 0 aromatic carbocycles. The SMILES string of the molecule is CCOC(=O)N1CCC(O)(CC)CC1. The molecule has 1 saturated heterocycles. The Hall–Kier alpha value is -0.770. The van der Waals surface area contributed by atoms with Crippen LogP contribution in [0.1, 0.15) is 33.1 Å². The summed E-state index contributed by atoms with van der Waals surface area (Å²) in [4.78, 5) is 13.0. The number of aliphatic hydroxyl groups is 1. The largest absolute Gasteiger partial charge is 0.450 e. The summed E-state index contributed by atoms with van der Waals surface area (Å²) in [6, 6.07) is 0. The Balaban J connectivity index is 2.39. The Bertz CT molecular complexity index is 198. The summed E-state index contributed by atoms with van der Waals surface area (Å²) in [5.41, 5.74) is -0.566. The monoisotopic (exact) mass is 201 g/mol. The summed E-state index contributed by atoms with van der Waals surface area (Å²) >= 11 is 0. The molecule has 4 heteroatoms. The highest BCUT2D eigenvalue weighted by Gasteiger charge is 2.32. The summed E-state index contributed by atoms with van der Waals surface area (Å²) in [6.45, 7) is 5.38. The Morgan fingerprint density at radius 3 is 2.43 bits per heavy atom. The summed E-state index contributed by atoms with van der Waals surface area (Å²) in [5.74, 6) is 0. The third-order valence-corrected chi connectivity index (χ3v) is 2.88. The molecule has 0 aromatic rings. The number of nitrogens with zero attached hydrogens (tertiary/aromatic N) is 1. The van der Waals surface area contributed by atoms with E-state index in [2.05, 4.69) is 0 Å². The van der Waals surface area contributed by atoms with Gasteiger partial charge >= 0.3 is 6.09 Å². The molecule has 0 saturated carbocycles. The van der Waals surface area contributed by atoms with E-state index in [-0.39, 0.29) is 6.09 Å². The Morgan fingerprint density at radius 1 is 1.43 bits per heavy atom. The van der Waals surface area contributed by atoms with Gasteiger partial charge in [-0.3, -0.25) is 0 Å². The predicted molar refractivity (Wildman–Crippen MR) is 53.1 cm³/mol. The molecule has 0 unspecified atom stereocenters. The molecule has 14 heavy (non-hydrogen) atoms. The molecule has 4 nitrogen and oxygen atoms in total. The van der Waals surface area contributed by atoms with E-state index in [0.717, 1.165) is 6.42 Å². The second-order valence-electron chi connectivity index (χ2n) is 3.76. The lowest BCUT2D eigenvalue weighted by Crippen LogP contribution is -2.46. The van der Waals surface area contributed by atoms with Crippen LogP contribution in [0, 0.1) is 0 Å². The predicted octanol–water partition coefficient (Wildman–Crippen LogP) is 1.38. The molecule has 1 aliphatic rings. The number of hydrogen-bond donors (Lipinski definition) is 1. The van der Waals surface area contributed by atoms with Gasteiger partial charge in [0.05, 0.1) is 12.2 Å². The molecule has 1 N–H and O–H groups in total. The molecule has 82 valence electrons. The number of likely N-dealkylation sites (tertiary alicyclic amines) is 1. The fraction of sp³-hybridized carbons (Fsp3) is 0.900. The summed E-state index contributed by atoms with van der Waals surface area (Å²) in [5, 5.41) is 9.93. The van der Waals surface area contributed by atoms with Crippen molar-refractivity contribution < 1.29 is 14.6 Å². The van der Waals surface area contributed by atoms with E-state index in [1.54, 1.807) is 11.8 Å². The van der Waals surface area contributed by atoms with E-state index < -0.39 is 5.60 Å². The first-order valence-electron chi connectivity index (χ1n) is 5.25. The fourth-order valence-electron chi connectivity index (χ4n) is 1.67. The number of hydrogen-bond acceptors (Lipinski definition) is 3. The molecular formula is C10H19NO3. The number of ether oxygens (including phenoxy) is 1. The molecule has 1 fully saturated rings. The first kappa shape index (κ1) is 11.3. The van der Waals surface area contributed by atoms with Crippen LogP contribution in [0.5, 0.6) is 0 Å². The number of carbonyl (C=O) groups is 1. The quantitative estimate of drug-likeness (QED) is 0.734. The zero-order valence-corrected chi connectivity index (χ0v) is 8.95. The van der Waals surface area contributed by atoms with Gasteiger partial charge in [-0.15, -0.1) is 0 Å². The maximum atomic E-state index is 11.3. The lowest BCUT2D eigenvalue weighted by molar-refractivity contribution is -0.0225. The second kappa shape index (κ2) is 4.64. The van der Waals surface area contributed by atoms with Gasteiger partial charge in [0.15, 0.2) is 0 Å². The molecule has 0 radical (unpaired) electrons. The fourth-order valence-corrected chi connectivity index (χ4v) is 1.67. The van der Waals surface area contributed by atoms with Crippen LogP contribution >= 0.6 is 0 Å². The van der Waals surface area contributed by atoms with E-state index in [1.807, 2.05) is 6.92 Å². The van der Waals surface area contributed by atoms with Gasteiger partial charge in [-0.05, 0) is 26.2 Å². The van der Waals surface area contributed by atoms with Crippen LogP contribution in [-0.4, -0.2) is 41.4 Å². The van der Waals surface area contributed by atoms with Crippen LogP contribution in [0.15, 0.2) is 0 Å². The summed E-state index contributed by atoms with van der Waals surface area (Å²) in [7, 11) is 0. The minimum atomic E-state index is -0.566. The highest BCUT2D eigenvalue weighted by atomic mass is 16.6. The molecule has 0 bridgehead atoms. The molecule has 1 rings (SSSR count). The van der Waals surface area contributed by atoms with Crippen LogP contribution in [0.3, 0.4) is 0 Å². The molecule has 0 spiro atoms. The summed E-state index contributed by atoms with van der Waals surface area (Å²) < 4.78 is 4.89. The van der Waals surface area contributed by atoms with E-state index in [0.29, 0.717) is 32.5 Å². The van der Waals surface area contributed by atoms with Crippen molar-refractivity contribution in [3.63, 3.8) is 0 Å². The lowest BCUT2D eigenvalue weighted by Gasteiger charge is -2.36. The van der Waals surface area contributed by atoms with Gasteiger partial charge in [0, 0.05) is 13.1 Å². The first-order chi connectivity index (χ1) is 6.61. The Labute approximate surface area is 84.8 Å². The van der Waals surface area contributed by atoms with Crippen molar-refractivity contribution >= 4 is 6.09 Å². The smallest absolute Gasteiger partial charge is 0.409 e. The van der Waals surface area contributed by atoms with Gasteiger partial charge in [-0.25, -0.2) is 4.79 Å². The van der Waals surface area contributed by atoms with E-state index in [1.165, 1.54) is 0 Å². The van der Waals surface area contributed by atoms with Crippen LogP contribution < -0.4 is 0 Å². The number of amides is 1. The van der Waals surface area contributed by atoms with Crippen molar-refractivity contribution in [2.24, 2.45) is 0 Å². The minimum Gasteiger partial charge on any atom is -0.450 e. The maximum Gasteiger partial charge on any atom is 0.409 e. The normalized spacial score (nSPS) is 20.6. The molecule has 1 amide bonds. The molecule has 1 heterocycles. The Kier molecular flexibility index (Phi) is 3.75. The number of carbonyl (C=O) groups excluding carboxylic acids is 1. The minimum absolute atomic E-state index is 0.259. The molecule has 0 aromatic heterocycles. The van der Waals surface area contributed by atoms with E-state index >= 15 is 0 Å². The summed E-state index contributed by atoms with van der Waals surface area (Å²) in [6.07, 6.45) is 1.81. The maximum absolute atomic E-state index is 11.3. The van der Waals surface area contributed by atoms with Gasteiger partial charge in [0.1, 0.15) is 0 Å². The van der Waals surface area contributed by atoms with Crippen molar-refractivity contribution in [3.05, 3.63) is 0 Å².